The summed E-state index contributed by atoms with van der Waals surface area (Å²) in [6.07, 6.45) is 1.94. The molecule has 0 amide bonds. The number of carbonyl (C=O) groups is 1. The van der Waals surface area contributed by atoms with Crippen molar-refractivity contribution in [1.82, 2.24) is 9.80 Å². The molecule has 14 heavy (non-hydrogen) atoms. The highest BCUT2D eigenvalue weighted by Crippen LogP contribution is 2.14. The molecule has 0 aromatic heterocycles. The second-order valence-electron chi connectivity index (χ2n) is 4.51. The van der Waals surface area contributed by atoms with Gasteiger partial charge in [-0.3, -0.25) is 9.69 Å². The van der Waals surface area contributed by atoms with Crippen LogP contribution < -0.4 is 0 Å². The Hall–Kier alpha value is -0.410. The van der Waals surface area contributed by atoms with Crippen LogP contribution in [0.15, 0.2) is 0 Å². The van der Waals surface area contributed by atoms with E-state index in [9.17, 15) is 4.79 Å². The van der Waals surface area contributed by atoms with Crippen molar-refractivity contribution in [2.75, 3.05) is 40.3 Å². The summed E-state index contributed by atoms with van der Waals surface area (Å²) in [6.45, 7) is 6.01. The molecule has 1 heterocycles. The molecule has 0 aromatic carbocycles. The number of rotatable bonds is 5. The molecule has 1 atom stereocenters. The minimum atomic E-state index is 0.346. The smallest absolute Gasteiger partial charge is 0.146 e. The lowest BCUT2D eigenvalue weighted by Gasteiger charge is -2.19. The van der Waals surface area contributed by atoms with Gasteiger partial charge in [0.25, 0.3) is 0 Å². The number of likely N-dealkylation sites (tertiary alicyclic amines) is 1. The highest BCUT2D eigenvalue weighted by atomic mass is 16.1. The van der Waals surface area contributed by atoms with Gasteiger partial charge in [-0.2, -0.15) is 0 Å². The van der Waals surface area contributed by atoms with Gasteiger partial charge in [-0.05, 0) is 33.0 Å². The van der Waals surface area contributed by atoms with Crippen LogP contribution in [0.5, 0.6) is 0 Å². The molecule has 0 radical (unpaired) electrons. The van der Waals surface area contributed by atoms with Crippen LogP contribution >= 0.6 is 0 Å². The summed E-state index contributed by atoms with van der Waals surface area (Å²) in [4.78, 5) is 15.7. The standard InChI is InChI=1S/C11H22N2O/c1-4-11(14)9-13(3)8-10-5-6-12(2)7-10/h10H,4-9H2,1-3H3. The Morgan fingerprint density at radius 2 is 2.29 bits per heavy atom. The van der Waals surface area contributed by atoms with Gasteiger partial charge in [0.1, 0.15) is 5.78 Å². The highest BCUT2D eigenvalue weighted by Gasteiger charge is 2.20. The number of Topliss-reactive ketones (excluding diaryl/α,β-unsaturated/α-hetero) is 1. The first-order valence-corrected chi connectivity index (χ1v) is 5.50. The summed E-state index contributed by atoms with van der Waals surface area (Å²) < 4.78 is 0. The predicted molar refractivity (Wildman–Crippen MR) is 58.4 cm³/mol. The van der Waals surface area contributed by atoms with Crippen LogP contribution in [-0.4, -0.2) is 55.9 Å². The summed E-state index contributed by atoms with van der Waals surface area (Å²) in [6, 6.07) is 0. The SMILES string of the molecule is CCC(=O)CN(C)CC1CCN(C)C1. The third kappa shape index (κ3) is 3.76. The van der Waals surface area contributed by atoms with Crippen LogP contribution in [-0.2, 0) is 4.79 Å². The normalized spacial score (nSPS) is 23.3. The van der Waals surface area contributed by atoms with Gasteiger partial charge >= 0.3 is 0 Å². The third-order valence-corrected chi connectivity index (χ3v) is 2.90. The maximum Gasteiger partial charge on any atom is 0.146 e. The van der Waals surface area contributed by atoms with Gasteiger partial charge in [0.05, 0.1) is 6.54 Å². The lowest BCUT2D eigenvalue weighted by molar-refractivity contribution is -0.119. The monoisotopic (exact) mass is 198 g/mol. The molecule has 82 valence electrons. The van der Waals surface area contributed by atoms with Gasteiger partial charge in [-0.25, -0.2) is 0 Å². The van der Waals surface area contributed by atoms with Gasteiger partial charge in [-0.15, -0.1) is 0 Å². The topological polar surface area (TPSA) is 23.6 Å². The van der Waals surface area contributed by atoms with E-state index in [1.54, 1.807) is 0 Å². The number of hydrogen-bond donors (Lipinski definition) is 0. The molecule has 1 saturated heterocycles. The van der Waals surface area contributed by atoms with Gasteiger partial charge in [0, 0.05) is 19.5 Å². The van der Waals surface area contributed by atoms with Gasteiger partial charge in [-0.1, -0.05) is 6.92 Å². The minimum absolute atomic E-state index is 0.346. The first-order valence-electron chi connectivity index (χ1n) is 5.50. The summed E-state index contributed by atoms with van der Waals surface area (Å²) in [5.41, 5.74) is 0. The van der Waals surface area contributed by atoms with Crippen molar-refractivity contribution in [3.05, 3.63) is 0 Å². The zero-order valence-corrected chi connectivity index (χ0v) is 9.62. The second-order valence-corrected chi connectivity index (χ2v) is 4.51. The van der Waals surface area contributed by atoms with Crippen molar-refractivity contribution >= 4 is 5.78 Å². The van der Waals surface area contributed by atoms with Gasteiger partial charge in [0.15, 0.2) is 0 Å². The van der Waals surface area contributed by atoms with E-state index in [4.69, 9.17) is 0 Å². The zero-order valence-electron chi connectivity index (χ0n) is 9.62. The van der Waals surface area contributed by atoms with E-state index in [2.05, 4.69) is 16.8 Å². The number of carbonyl (C=O) groups excluding carboxylic acids is 1. The summed E-state index contributed by atoms with van der Waals surface area (Å²) in [7, 11) is 4.21. The molecule has 1 rings (SSSR count). The molecule has 0 bridgehead atoms. The van der Waals surface area contributed by atoms with Crippen molar-refractivity contribution in [3.8, 4) is 0 Å². The van der Waals surface area contributed by atoms with E-state index in [0.29, 0.717) is 18.7 Å². The maximum absolute atomic E-state index is 11.2. The van der Waals surface area contributed by atoms with E-state index in [1.807, 2.05) is 14.0 Å². The molecule has 0 spiro atoms. The first kappa shape index (κ1) is 11.7. The fourth-order valence-corrected chi connectivity index (χ4v) is 2.09. The van der Waals surface area contributed by atoms with Crippen molar-refractivity contribution < 1.29 is 4.79 Å². The van der Waals surface area contributed by atoms with Crippen LogP contribution in [0.4, 0.5) is 0 Å². The third-order valence-electron chi connectivity index (χ3n) is 2.90. The quantitative estimate of drug-likeness (QED) is 0.654. The average Bonchev–Trinajstić information content (AvgIpc) is 2.50. The van der Waals surface area contributed by atoms with E-state index in [-0.39, 0.29) is 0 Å². The van der Waals surface area contributed by atoms with Crippen molar-refractivity contribution in [2.45, 2.75) is 19.8 Å². The molecule has 3 nitrogen and oxygen atoms in total. The molecule has 1 unspecified atom stereocenters. The van der Waals surface area contributed by atoms with E-state index >= 15 is 0 Å². The average molecular weight is 198 g/mol. The highest BCUT2D eigenvalue weighted by molar-refractivity contribution is 5.80. The van der Waals surface area contributed by atoms with Crippen molar-refractivity contribution in [1.29, 1.82) is 0 Å². The molecule has 0 N–H and O–H groups in total. The number of likely N-dealkylation sites (N-methyl/N-ethyl adjacent to an activating group) is 1. The van der Waals surface area contributed by atoms with Crippen molar-refractivity contribution in [2.24, 2.45) is 5.92 Å². The van der Waals surface area contributed by atoms with Crippen LogP contribution in [0.1, 0.15) is 19.8 Å². The Kier molecular flexibility index (Phi) is 4.55. The zero-order chi connectivity index (χ0) is 10.6. The predicted octanol–water partition coefficient (Wildman–Crippen LogP) is 0.849. The van der Waals surface area contributed by atoms with Gasteiger partial charge in [0.2, 0.25) is 0 Å². The molecule has 3 heteroatoms. The van der Waals surface area contributed by atoms with E-state index in [1.165, 1.54) is 19.5 Å². The van der Waals surface area contributed by atoms with Crippen LogP contribution in [0.3, 0.4) is 0 Å². The molecule has 0 aliphatic carbocycles. The Bertz CT molecular complexity index is 194. The van der Waals surface area contributed by atoms with Crippen LogP contribution in [0, 0.1) is 5.92 Å². The summed E-state index contributed by atoms with van der Waals surface area (Å²) in [5.74, 6) is 1.11. The van der Waals surface area contributed by atoms with E-state index < -0.39 is 0 Å². The van der Waals surface area contributed by atoms with Crippen LogP contribution in [0.25, 0.3) is 0 Å². The first-order chi connectivity index (χ1) is 6.61. The summed E-state index contributed by atoms with van der Waals surface area (Å²) >= 11 is 0. The fraction of sp³-hybridized carbons (Fsp3) is 0.909. The van der Waals surface area contributed by atoms with Crippen molar-refractivity contribution in [3.63, 3.8) is 0 Å². The van der Waals surface area contributed by atoms with Gasteiger partial charge < -0.3 is 4.90 Å². The molecule has 1 aliphatic rings. The largest absolute Gasteiger partial charge is 0.306 e. The molecule has 0 saturated carbocycles. The Morgan fingerprint density at radius 3 is 2.79 bits per heavy atom. The lowest BCUT2D eigenvalue weighted by Crippen LogP contribution is -2.31. The molecular weight excluding hydrogens is 176 g/mol. The Balaban J connectivity index is 2.20. The lowest BCUT2D eigenvalue weighted by atomic mass is 10.1. The summed E-state index contributed by atoms with van der Waals surface area (Å²) in [5, 5.41) is 0. The minimum Gasteiger partial charge on any atom is -0.306 e. The van der Waals surface area contributed by atoms with E-state index in [0.717, 1.165) is 12.5 Å². The molecule has 1 fully saturated rings. The Morgan fingerprint density at radius 1 is 1.57 bits per heavy atom. The number of ketones is 1. The second kappa shape index (κ2) is 5.47. The maximum atomic E-state index is 11.2. The number of hydrogen-bond acceptors (Lipinski definition) is 3. The molecule has 0 aromatic rings. The Labute approximate surface area is 87.1 Å². The van der Waals surface area contributed by atoms with Crippen LogP contribution in [0.2, 0.25) is 0 Å². The fourth-order valence-electron chi connectivity index (χ4n) is 2.09. The number of nitrogens with zero attached hydrogens (tertiary/aromatic N) is 2. The molecule has 1 aliphatic heterocycles. The molecular formula is C11H22N2O.